The number of likely N-dealkylation sites (tertiary alicyclic amines) is 1. The molecule has 6 nitrogen and oxygen atoms in total. The van der Waals surface area contributed by atoms with Crippen LogP contribution in [0.2, 0.25) is 0 Å². The van der Waals surface area contributed by atoms with Crippen LogP contribution in [0.25, 0.3) is 0 Å². The number of hydrogen-bond acceptors (Lipinski definition) is 4. The summed E-state index contributed by atoms with van der Waals surface area (Å²) in [6.07, 6.45) is 2.51. The van der Waals surface area contributed by atoms with Gasteiger partial charge in [-0.2, -0.15) is 0 Å². The summed E-state index contributed by atoms with van der Waals surface area (Å²) in [5.74, 6) is 0.517. The SMILES string of the molecule is O=C(NC(=S)N1CC2CC(C1)c1cccc(=O)n1C2)c1ccco1. The number of nitrogens with one attached hydrogen (secondary N) is 1. The molecule has 2 unspecified atom stereocenters. The molecule has 4 rings (SSSR count). The van der Waals surface area contributed by atoms with Gasteiger partial charge in [-0.25, -0.2) is 0 Å². The highest BCUT2D eigenvalue weighted by atomic mass is 32.1. The Morgan fingerprint density at radius 1 is 1.21 bits per heavy atom. The normalized spacial score (nSPS) is 21.9. The van der Waals surface area contributed by atoms with E-state index in [2.05, 4.69) is 5.32 Å². The van der Waals surface area contributed by atoms with Crippen molar-refractivity contribution in [3.05, 3.63) is 58.4 Å². The van der Waals surface area contributed by atoms with Crippen LogP contribution in [0.1, 0.15) is 28.6 Å². The van der Waals surface area contributed by atoms with Crippen LogP contribution in [0, 0.1) is 5.92 Å². The zero-order chi connectivity index (χ0) is 16.7. The number of fused-ring (bicyclic) bond motifs is 4. The fourth-order valence-electron chi connectivity index (χ4n) is 3.71. The topological polar surface area (TPSA) is 67.5 Å². The number of pyridine rings is 1. The summed E-state index contributed by atoms with van der Waals surface area (Å²) in [5.41, 5.74) is 1.12. The molecule has 2 atom stereocenters. The minimum Gasteiger partial charge on any atom is -0.459 e. The van der Waals surface area contributed by atoms with Crippen molar-refractivity contribution in [2.24, 2.45) is 5.92 Å². The molecule has 0 saturated carbocycles. The van der Waals surface area contributed by atoms with E-state index in [1.165, 1.54) is 6.26 Å². The van der Waals surface area contributed by atoms with E-state index in [-0.39, 0.29) is 23.1 Å². The van der Waals surface area contributed by atoms with E-state index in [0.29, 0.717) is 24.1 Å². The van der Waals surface area contributed by atoms with Gasteiger partial charge in [0.15, 0.2) is 10.9 Å². The Morgan fingerprint density at radius 2 is 2.08 bits per heavy atom. The molecule has 124 valence electrons. The first kappa shape index (κ1) is 15.1. The molecular formula is C17H17N3O3S. The maximum atomic E-state index is 12.1. The highest BCUT2D eigenvalue weighted by Gasteiger charge is 2.35. The molecule has 1 N–H and O–H groups in total. The third kappa shape index (κ3) is 2.65. The maximum Gasteiger partial charge on any atom is 0.293 e. The average molecular weight is 343 g/mol. The average Bonchev–Trinajstić information content (AvgIpc) is 3.10. The van der Waals surface area contributed by atoms with Gasteiger partial charge >= 0.3 is 0 Å². The summed E-state index contributed by atoms with van der Waals surface area (Å²) >= 11 is 5.41. The predicted molar refractivity (Wildman–Crippen MR) is 91.9 cm³/mol. The van der Waals surface area contributed by atoms with Crippen LogP contribution in [0.5, 0.6) is 0 Å². The molecular weight excluding hydrogens is 326 g/mol. The lowest BCUT2D eigenvalue weighted by Crippen LogP contribution is -2.52. The van der Waals surface area contributed by atoms with Crippen LogP contribution in [0.15, 0.2) is 45.8 Å². The molecule has 1 saturated heterocycles. The number of nitrogens with zero attached hydrogens (tertiary/aromatic N) is 2. The minimum atomic E-state index is -0.336. The van der Waals surface area contributed by atoms with E-state index in [4.69, 9.17) is 16.6 Å². The third-order valence-electron chi connectivity index (χ3n) is 4.73. The van der Waals surface area contributed by atoms with Gasteiger partial charge in [0.05, 0.1) is 6.26 Å². The van der Waals surface area contributed by atoms with Crippen molar-refractivity contribution >= 4 is 23.2 Å². The van der Waals surface area contributed by atoms with E-state index < -0.39 is 0 Å². The molecule has 2 bridgehead atoms. The van der Waals surface area contributed by atoms with Gasteiger partial charge in [0.1, 0.15) is 0 Å². The molecule has 7 heteroatoms. The number of piperidine rings is 1. The lowest BCUT2D eigenvalue weighted by atomic mass is 9.83. The molecule has 2 aliphatic heterocycles. The Kier molecular flexibility index (Phi) is 3.72. The quantitative estimate of drug-likeness (QED) is 0.796. The second kappa shape index (κ2) is 5.90. The Bertz CT molecular complexity index is 843. The predicted octanol–water partition coefficient (Wildman–Crippen LogP) is 1.58. The largest absolute Gasteiger partial charge is 0.459 e. The summed E-state index contributed by atoms with van der Waals surface area (Å²) in [4.78, 5) is 26.2. The first-order valence-corrected chi connectivity index (χ1v) is 8.36. The standard InChI is InChI=1S/C17H17N3O3S/c21-15-5-1-3-13-12-7-11(9-20(13)15)8-19(10-12)17(24)18-16(22)14-4-2-6-23-14/h1-6,11-12H,7-10H2,(H,18,22,24). The smallest absolute Gasteiger partial charge is 0.293 e. The van der Waals surface area contributed by atoms with Crippen molar-refractivity contribution in [3.8, 4) is 0 Å². The molecule has 0 aliphatic carbocycles. The number of amides is 1. The molecule has 2 aromatic heterocycles. The Morgan fingerprint density at radius 3 is 2.88 bits per heavy atom. The third-order valence-corrected chi connectivity index (χ3v) is 5.09. The van der Waals surface area contributed by atoms with Gasteiger partial charge in [-0.1, -0.05) is 6.07 Å². The Balaban J connectivity index is 1.50. The molecule has 0 radical (unpaired) electrons. The summed E-state index contributed by atoms with van der Waals surface area (Å²) < 4.78 is 6.97. The fraction of sp³-hybridized carbons (Fsp3) is 0.353. The van der Waals surface area contributed by atoms with E-state index in [1.807, 2.05) is 21.6 Å². The second-order valence-corrected chi connectivity index (χ2v) is 6.73. The number of hydrogen-bond donors (Lipinski definition) is 1. The Labute approximate surface area is 144 Å². The number of thiocarbonyl (C=S) groups is 1. The maximum absolute atomic E-state index is 12.1. The van der Waals surface area contributed by atoms with Crippen LogP contribution in [0.4, 0.5) is 0 Å². The molecule has 1 fully saturated rings. The highest BCUT2D eigenvalue weighted by Crippen LogP contribution is 2.34. The van der Waals surface area contributed by atoms with Gasteiger partial charge < -0.3 is 13.9 Å². The zero-order valence-corrected chi connectivity index (χ0v) is 13.8. The van der Waals surface area contributed by atoms with Crippen molar-refractivity contribution in [3.63, 3.8) is 0 Å². The van der Waals surface area contributed by atoms with Gasteiger partial charge in [0.25, 0.3) is 11.5 Å². The second-order valence-electron chi connectivity index (χ2n) is 6.34. The van der Waals surface area contributed by atoms with Crippen molar-refractivity contribution in [2.75, 3.05) is 13.1 Å². The van der Waals surface area contributed by atoms with Gasteiger partial charge in [0, 0.05) is 37.3 Å². The molecule has 1 amide bonds. The molecule has 2 aliphatic rings. The summed E-state index contributed by atoms with van der Waals surface area (Å²) in [5, 5.41) is 3.15. The van der Waals surface area contributed by atoms with Gasteiger partial charge in [-0.3, -0.25) is 14.9 Å². The van der Waals surface area contributed by atoms with E-state index in [0.717, 1.165) is 18.7 Å². The summed E-state index contributed by atoms with van der Waals surface area (Å²) in [6.45, 7) is 2.16. The number of carbonyl (C=O) groups excluding carboxylic acids is 1. The Hall–Kier alpha value is -2.41. The number of aromatic nitrogens is 1. The summed E-state index contributed by atoms with van der Waals surface area (Å²) in [6, 6.07) is 8.70. The van der Waals surface area contributed by atoms with E-state index in [9.17, 15) is 9.59 Å². The van der Waals surface area contributed by atoms with Crippen molar-refractivity contribution < 1.29 is 9.21 Å². The van der Waals surface area contributed by atoms with Crippen LogP contribution in [-0.4, -0.2) is 33.6 Å². The lowest BCUT2D eigenvalue weighted by molar-refractivity contribution is 0.0941. The molecule has 4 heterocycles. The zero-order valence-electron chi connectivity index (χ0n) is 13.0. The fourth-order valence-corrected chi connectivity index (χ4v) is 3.95. The van der Waals surface area contributed by atoms with Crippen molar-refractivity contribution in [1.82, 2.24) is 14.8 Å². The van der Waals surface area contributed by atoms with Gasteiger partial charge in [-0.15, -0.1) is 0 Å². The van der Waals surface area contributed by atoms with Crippen LogP contribution in [0.3, 0.4) is 0 Å². The van der Waals surface area contributed by atoms with E-state index in [1.54, 1.807) is 18.2 Å². The van der Waals surface area contributed by atoms with Gasteiger partial charge in [-0.05, 0) is 42.8 Å². The van der Waals surface area contributed by atoms with Crippen molar-refractivity contribution in [2.45, 2.75) is 18.9 Å². The molecule has 24 heavy (non-hydrogen) atoms. The molecule has 0 aromatic carbocycles. The number of rotatable bonds is 1. The first-order valence-electron chi connectivity index (χ1n) is 7.95. The first-order chi connectivity index (χ1) is 11.6. The van der Waals surface area contributed by atoms with E-state index >= 15 is 0 Å². The lowest BCUT2D eigenvalue weighted by Gasteiger charge is -2.43. The highest BCUT2D eigenvalue weighted by molar-refractivity contribution is 7.80. The van der Waals surface area contributed by atoms with Crippen LogP contribution >= 0.6 is 12.2 Å². The van der Waals surface area contributed by atoms with Crippen LogP contribution < -0.4 is 10.9 Å². The summed E-state index contributed by atoms with van der Waals surface area (Å²) in [7, 11) is 0. The minimum absolute atomic E-state index is 0.0596. The monoisotopic (exact) mass is 343 g/mol. The molecule has 0 spiro atoms. The van der Waals surface area contributed by atoms with Gasteiger partial charge in [0.2, 0.25) is 0 Å². The van der Waals surface area contributed by atoms with Crippen molar-refractivity contribution in [1.29, 1.82) is 0 Å². The molecule has 2 aromatic rings. The number of furan rings is 1. The van der Waals surface area contributed by atoms with Crippen LogP contribution in [-0.2, 0) is 6.54 Å². The number of carbonyl (C=O) groups is 1.